The summed E-state index contributed by atoms with van der Waals surface area (Å²) < 4.78 is 10.1. The maximum atomic E-state index is 12.1. The van der Waals surface area contributed by atoms with Crippen molar-refractivity contribution in [1.82, 2.24) is 0 Å². The molecule has 0 aromatic rings. The molecule has 4 rings (SSSR count). The average Bonchev–Trinajstić information content (AvgIpc) is 2.76. The largest absolute Gasteiger partial charge is 0.875 e. The molecule has 2 saturated heterocycles. The summed E-state index contributed by atoms with van der Waals surface area (Å²) >= 11 is 0. The Morgan fingerprint density at radius 1 is 0.647 bits per heavy atom. The molecule has 0 radical (unpaired) electrons. The number of morpholine rings is 2. The van der Waals surface area contributed by atoms with Crippen molar-refractivity contribution in [2.24, 2.45) is 10.8 Å². The smallest absolute Gasteiger partial charge is 0.169 e. The van der Waals surface area contributed by atoms with Crippen LogP contribution in [-0.4, -0.2) is 64.2 Å². The van der Waals surface area contributed by atoms with Gasteiger partial charge in [0, 0.05) is 22.7 Å². The first-order valence-electron chi connectivity index (χ1n) is 12.0. The van der Waals surface area contributed by atoms with Crippen molar-refractivity contribution in [3.05, 3.63) is 21.3 Å². The molecule has 10 heteroatoms. The van der Waals surface area contributed by atoms with E-state index in [1.807, 2.05) is 27.7 Å². The van der Waals surface area contributed by atoms with Gasteiger partial charge in [0.2, 0.25) is 0 Å². The highest BCUT2D eigenvalue weighted by atomic mass is 33.1. The zero-order chi connectivity index (χ0) is 25.2. The lowest BCUT2D eigenvalue weighted by atomic mass is 9.79. The number of hydrogen-bond acceptors (Lipinski definition) is 8. The molecule has 0 bridgehead atoms. The van der Waals surface area contributed by atoms with Gasteiger partial charge in [0.15, 0.2) is 11.6 Å². The van der Waals surface area contributed by atoms with Crippen LogP contribution in [0.15, 0.2) is 21.3 Å². The fourth-order valence-electron chi connectivity index (χ4n) is 3.92. The van der Waals surface area contributed by atoms with Gasteiger partial charge in [0.05, 0.1) is 52.6 Å². The Morgan fingerprint density at radius 3 is 1.18 bits per heavy atom. The van der Waals surface area contributed by atoms with E-state index in [2.05, 4.69) is 10.6 Å². The fourth-order valence-corrected chi connectivity index (χ4v) is 6.37. The molecule has 2 aliphatic carbocycles. The molecule has 0 saturated carbocycles. The molecule has 194 valence electrons. The fraction of sp³-hybridized carbons (Fsp3) is 0.750. The van der Waals surface area contributed by atoms with Gasteiger partial charge in [0.1, 0.15) is 0 Å². The molecule has 0 atom stereocenters. The standard InChI is InChI=1S/C16H22O4S2.2C4H9NO/c1-15(2)5-9(17)13(10(18)6-15)21-22-14-11(19)7-16(3,4)8-12(14)20;2*1-3-6-4-2-5-1/h17,19H,5-8H2,1-4H3;2*5H,1-4H2. The molecule has 2 aliphatic heterocycles. The van der Waals surface area contributed by atoms with Gasteiger partial charge >= 0.3 is 0 Å². The third-order valence-electron chi connectivity index (χ3n) is 5.64. The van der Waals surface area contributed by atoms with E-state index >= 15 is 0 Å². The Morgan fingerprint density at radius 2 is 0.971 bits per heavy atom. The zero-order valence-corrected chi connectivity index (χ0v) is 22.5. The van der Waals surface area contributed by atoms with Crippen molar-refractivity contribution in [2.45, 2.75) is 53.4 Å². The summed E-state index contributed by atoms with van der Waals surface area (Å²) in [6, 6.07) is 0. The van der Waals surface area contributed by atoms with E-state index in [9.17, 15) is 19.8 Å². The summed E-state index contributed by atoms with van der Waals surface area (Å²) in [7, 11) is 1.97. The molecule has 4 aliphatic rings. The molecular weight excluding hydrogens is 476 g/mol. The van der Waals surface area contributed by atoms with Crippen LogP contribution in [0.2, 0.25) is 0 Å². The lowest BCUT2D eigenvalue weighted by Gasteiger charge is -2.36. The molecule has 0 aromatic carbocycles. The van der Waals surface area contributed by atoms with E-state index in [-0.39, 0.29) is 43.7 Å². The van der Waals surface area contributed by atoms with Crippen LogP contribution in [0.25, 0.3) is 0 Å². The van der Waals surface area contributed by atoms with Crippen LogP contribution < -0.4 is 20.8 Å². The molecule has 34 heavy (non-hydrogen) atoms. The van der Waals surface area contributed by atoms with Gasteiger partial charge in [0.25, 0.3) is 0 Å². The SMILES string of the molecule is C1COCC[NH2+]1.C1COCC[NH2+]1.CC1(C)CC(=O)C(SSC2=C([O-])CC(C)(C)CC2=O)=C([O-])C1. The van der Waals surface area contributed by atoms with Gasteiger partial charge in [-0.05, 0) is 45.3 Å². The number of allylic oxidation sites excluding steroid dienone is 4. The first-order valence-corrected chi connectivity index (χ1v) is 14.2. The highest BCUT2D eigenvalue weighted by Crippen LogP contribution is 2.48. The van der Waals surface area contributed by atoms with Crippen LogP contribution in [-0.2, 0) is 19.1 Å². The molecule has 4 N–H and O–H groups in total. The molecule has 0 amide bonds. The van der Waals surface area contributed by atoms with Crippen molar-refractivity contribution in [2.75, 3.05) is 52.6 Å². The number of quaternary nitrogens is 2. The van der Waals surface area contributed by atoms with Crippen molar-refractivity contribution < 1.29 is 39.9 Å². The molecule has 8 nitrogen and oxygen atoms in total. The average molecular weight is 517 g/mol. The monoisotopic (exact) mass is 516 g/mol. The number of rotatable bonds is 3. The predicted octanol–water partition coefficient (Wildman–Crippen LogP) is -0.550. The van der Waals surface area contributed by atoms with Gasteiger partial charge in [-0.25, -0.2) is 0 Å². The summed E-state index contributed by atoms with van der Waals surface area (Å²) in [4.78, 5) is 24.5. The topological polar surface area (TPSA) is 132 Å². The lowest BCUT2D eigenvalue weighted by Crippen LogP contribution is -2.87. The number of nitrogens with two attached hydrogens (primary N) is 2. The maximum Gasteiger partial charge on any atom is 0.169 e. The van der Waals surface area contributed by atoms with E-state index in [1.54, 1.807) is 0 Å². The summed E-state index contributed by atoms with van der Waals surface area (Å²) in [5, 5.41) is 28.7. The number of ether oxygens (including phenoxy) is 2. The van der Waals surface area contributed by atoms with E-state index in [0.29, 0.717) is 25.7 Å². The molecule has 2 heterocycles. The van der Waals surface area contributed by atoms with Crippen LogP contribution in [0.3, 0.4) is 0 Å². The second kappa shape index (κ2) is 13.9. The molecule has 0 spiro atoms. The minimum absolute atomic E-state index is 0.169. The molecule has 0 unspecified atom stereocenters. The number of ketones is 2. The molecule has 0 aromatic heterocycles. The normalized spacial score (nSPS) is 24.6. The van der Waals surface area contributed by atoms with Crippen LogP contribution in [0.5, 0.6) is 0 Å². The predicted molar refractivity (Wildman–Crippen MR) is 130 cm³/mol. The summed E-state index contributed by atoms with van der Waals surface area (Å²) in [6.45, 7) is 16.0. The number of carbonyl (C=O) groups excluding carboxylic acids is 2. The van der Waals surface area contributed by atoms with E-state index in [1.165, 1.54) is 0 Å². The van der Waals surface area contributed by atoms with Crippen molar-refractivity contribution in [3.8, 4) is 0 Å². The van der Waals surface area contributed by atoms with Crippen LogP contribution in [0.1, 0.15) is 53.4 Å². The van der Waals surface area contributed by atoms with Crippen molar-refractivity contribution >= 4 is 33.2 Å². The van der Waals surface area contributed by atoms with Gasteiger partial charge in [-0.1, -0.05) is 27.7 Å². The first kappa shape index (κ1) is 29.2. The quantitative estimate of drug-likeness (QED) is 0.478. The number of hydrogen-bond donors (Lipinski definition) is 2. The Kier molecular flexibility index (Phi) is 11.9. The number of Topliss-reactive ketones (excluding diaryl/α,β-unsaturated/α-hetero) is 2. The highest BCUT2D eigenvalue weighted by molar-refractivity contribution is 8.80. The maximum absolute atomic E-state index is 12.1. The second-order valence-corrected chi connectivity index (χ2v) is 12.7. The third kappa shape index (κ3) is 10.3. The van der Waals surface area contributed by atoms with Gasteiger partial charge in [-0.2, -0.15) is 0 Å². The van der Waals surface area contributed by atoms with Crippen LogP contribution in [0, 0.1) is 10.8 Å². The van der Waals surface area contributed by atoms with E-state index < -0.39 is 0 Å². The highest BCUT2D eigenvalue weighted by Gasteiger charge is 2.32. The van der Waals surface area contributed by atoms with Crippen molar-refractivity contribution in [1.29, 1.82) is 0 Å². The summed E-state index contributed by atoms with van der Waals surface area (Å²) in [6.07, 6.45) is 1.30. The van der Waals surface area contributed by atoms with Gasteiger partial charge in [-0.15, -0.1) is 11.5 Å². The number of carbonyl (C=O) groups is 2. The second-order valence-electron chi connectivity index (χ2n) is 10.5. The van der Waals surface area contributed by atoms with Crippen molar-refractivity contribution in [3.63, 3.8) is 0 Å². The Balaban J connectivity index is 0.000000274. The molecular formula is C24H40N2O6S2. The minimum atomic E-state index is -0.309. The Hall–Kier alpha value is -1.04. The lowest BCUT2D eigenvalue weighted by molar-refractivity contribution is -0.670. The summed E-state index contributed by atoms with van der Waals surface area (Å²) in [5.74, 6) is -0.739. The summed E-state index contributed by atoms with van der Waals surface area (Å²) in [5.41, 5.74) is -0.618. The van der Waals surface area contributed by atoms with Gasteiger partial charge < -0.3 is 30.3 Å². The van der Waals surface area contributed by atoms with Gasteiger partial charge in [-0.3, -0.25) is 9.59 Å². The Bertz CT molecular complexity index is 684. The molecule has 2 fully saturated rings. The third-order valence-corrected chi connectivity index (χ3v) is 8.22. The van der Waals surface area contributed by atoms with Crippen LogP contribution >= 0.6 is 21.6 Å². The van der Waals surface area contributed by atoms with E-state index in [0.717, 1.165) is 74.2 Å². The Labute approximate surface area is 211 Å². The van der Waals surface area contributed by atoms with E-state index in [4.69, 9.17) is 9.47 Å². The first-order chi connectivity index (χ1) is 16.0. The van der Waals surface area contributed by atoms with Crippen LogP contribution in [0.4, 0.5) is 0 Å². The zero-order valence-electron chi connectivity index (χ0n) is 20.9. The minimum Gasteiger partial charge on any atom is -0.875 e.